The van der Waals surface area contributed by atoms with Gasteiger partial charge in [-0.2, -0.15) is 0 Å². The number of hydrogen-bond donors (Lipinski definition) is 3. The second kappa shape index (κ2) is 12.2. The first-order valence-electron chi connectivity index (χ1n) is 11.3. The Balaban J connectivity index is 1.54. The molecule has 2 amide bonds. The van der Waals surface area contributed by atoms with Crippen LogP contribution >= 0.6 is 0 Å². The molecule has 3 N–H and O–H groups in total. The first-order valence-corrected chi connectivity index (χ1v) is 11.3. The first-order chi connectivity index (χ1) is 15.5. The summed E-state index contributed by atoms with van der Waals surface area (Å²) in [5.74, 6) is -1.08. The summed E-state index contributed by atoms with van der Waals surface area (Å²) in [6, 6.07) is 13.4. The van der Waals surface area contributed by atoms with Crippen molar-refractivity contribution in [1.29, 1.82) is 0 Å². The summed E-state index contributed by atoms with van der Waals surface area (Å²) in [6.45, 7) is 0.766. The highest BCUT2D eigenvalue weighted by Crippen LogP contribution is 2.28. The molecule has 32 heavy (non-hydrogen) atoms. The SMILES string of the molecule is O=C(N[C@@H](CC1CCCCC1)C(=O)NCCNc1ccc(F)cc1)C(F)c1ccccc1. The normalized spacial score (nSPS) is 16.1. The van der Waals surface area contributed by atoms with Crippen LogP contribution < -0.4 is 16.0 Å². The van der Waals surface area contributed by atoms with Crippen molar-refractivity contribution >= 4 is 17.5 Å². The average molecular weight is 444 g/mol. The third-order valence-electron chi connectivity index (χ3n) is 5.85. The van der Waals surface area contributed by atoms with Gasteiger partial charge >= 0.3 is 0 Å². The van der Waals surface area contributed by atoms with E-state index in [1.807, 2.05) is 0 Å². The fourth-order valence-electron chi connectivity index (χ4n) is 4.09. The molecule has 1 unspecified atom stereocenters. The predicted molar refractivity (Wildman–Crippen MR) is 121 cm³/mol. The zero-order valence-electron chi connectivity index (χ0n) is 18.2. The van der Waals surface area contributed by atoms with Crippen LogP contribution in [-0.4, -0.2) is 30.9 Å². The van der Waals surface area contributed by atoms with Crippen molar-refractivity contribution in [3.05, 3.63) is 66.0 Å². The van der Waals surface area contributed by atoms with Crippen molar-refractivity contribution in [2.24, 2.45) is 5.92 Å². The van der Waals surface area contributed by atoms with Crippen LogP contribution in [0.4, 0.5) is 14.5 Å². The van der Waals surface area contributed by atoms with Crippen molar-refractivity contribution in [1.82, 2.24) is 10.6 Å². The summed E-state index contributed by atoms with van der Waals surface area (Å²) in [7, 11) is 0. The molecule has 1 fully saturated rings. The Bertz CT molecular complexity index is 855. The van der Waals surface area contributed by atoms with Gasteiger partial charge < -0.3 is 16.0 Å². The highest BCUT2D eigenvalue weighted by atomic mass is 19.1. The highest BCUT2D eigenvalue weighted by Gasteiger charge is 2.29. The maximum Gasteiger partial charge on any atom is 0.259 e. The molecular formula is C25H31F2N3O2. The standard InChI is InChI=1S/C25H31F2N3O2/c26-20-11-13-21(14-12-20)28-15-16-29-24(31)22(17-18-7-3-1-4-8-18)30-25(32)23(27)19-9-5-2-6-10-19/h2,5-6,9-14,18,22-23,28H,1,3-4,7-8,15-17H2,(H,29,31)(H,30,32)/t22-,23?/m0/s1. The molecule has 172 valence electrons. The molecule has 0 aromatic heterocycles. The van der Waals surface area contributed by atoms with Crippen molar-refractivity contribution < 1.29 is 18.4 Å². The summed E-state index contributed by atoms with van der Waals surface area (Å²) in [6.07, 6.45) is 4.14. The maximum atomic E-state index is 14.7. The number of hydrogen-bond acceptors (Lipinski definition) is 3. The second-order valence-corrected chi connectivity index (χ2v) is 8.30. The maximum absolute atomic E-state index is 14.7. The van der Waals surface area contributed by atoms with E-state index in [0.29, 0.717) is 25.4 Å². The van der Waals surface area contributed by atoms with Crippen LogP contribution in [0.5, 0.6) is 0 Å². The molecule has 0 saturated heterocycles. The van der Waals surface area contributed by atoms with Gasteiger partial charge in [0, 0.05) is 18.8 Å². The van der Waals surface area contributed by atoms with Crippen molar-refractivity contribution in [3.63, 3.8) is 0 Å². The molecule has 0 aliphatic heterocycles. The van der Waals surface area contributed by atoms with Gasteiger partial charge in [0.05, 0.1) is 0 Å². The van der Waals surface area contributed by atoms with E-state index >= 15 is 0 Å². The quantitative estimate of drug-likeness (QED) is 0.473. The third-order valence-corrected chi connectivity index (χ3v) is 5.85. The van der Waals surface area contributed by atoms with Gasteiger partial charge in [0.2, 0.25) is 12.1 Å². The first kappa shape index (κ1) is 23.7. The zero-order valence-corrected chi connectivity index (χ0v) is 18.2. The van der Waals surface area contributed by atoms with Crippen molar-refractivity contribution in [3.8, 4) is 0 Å². The number of anilines is 1. The molecule has 0 heterocycles. The number of carbonyl (C=O) groups is 2. The smallest absolute Gasteiger partial charge is 0.259 e. The molecule has 7 heteroatoms. The number of alkyl halides is 1. The van der Waals surface area contributed by atoms with E-state index in [1.165, 1.54) is 18.6 Å². The molecule has 3 rings (SSSR count). The summed E-state index contributed by atoms with van der Waals surface area (Å²) < 4.78 is 27.7. The minimum atomic E-state index is -1.82. The average Bonchev–Trinajstić information content (AvgIpc) is 2.83. The van der Waals surface area contributed by atoms with Crippen LogP contribution in [-0.2, 0) is 9.59 Å². The third kappa shape index (κ3) is 7.32. The number of amides is 2. The number of benzene rings is 2. The summed E-state index contributed by atoms with van der Waals surface area (Å²) in [4.78, 5) is 25.4. The molecule has 2 aromatic carbocycles. The van der Waals surface area contributed by atoms with Crippen LogP contribution in [0.15, 0.2) is 54.6 Å². The molecule has 0 bridgehead atoms. The van der Waals surface area contributed by atoms with Gasteiger partial charge in [-0.05, 0) is 42.2 Å². The van der Waals surface area contributed by atoms with Crippen LogP contribution in [0.3, 0.4) is 0 Å². The molecule has 1 aliphatic carbocycles. The van der Waals surface area contributed by atoms with E-state index in [2.05, 4.69) is 16.0 Å². The Morgan fingerprint density at radius 2 is 1.59 bits per heavy atom. The lowest BCUT2D eigenvalue weighted by Crippen LogP contribution is -2.49. The Kier molecular flexibility index (Phi) is 9.01. The lowest BCUT2D eigenvalue weighted by molar-refractivity contribution is -0.132. The van der Waals surface area contributed by atoms with E-state index < -0.39 is 18.1 Å². The molecule has 0 radical (unpaired) electrons. The van der Waals surface area contributed by atoms with Crippen LogP contribution in [0.1, 0.15) is 50.3 Å². The number of carbonyl (C=O) groups excluding carboxylic acids is 2. The Morgan fingerprint density at radius 3 is 2.28 bits per heavy atom. The van der Waals surface area contributed by atoms with E-state index in [9.17, 15) is 18.4 Å². The van der Waals surface area contributed by atoms with Gasteiger partial charge in [-0.25, -0.2) is 8.78 Å². The van der Waals surface area contributed by atoms with E-state index in [4.69, 9.17) is 0 Å². The summed E-state index contributed by atoms with van der Waals surface area (Å²) in [5.41, 5.74) is 1.01. The molecular weight excluding hydrogens is 412 g/mol. The lowest BCUT2D eigenvalue weighted by Gasteiger charge is -2.27. The van der Waals surface area contributed by atoms with Gasteiger partial charge in [-0.3, -0.25) is 9.59 Å². The molecule has 1 saturated carbocycles. The minimum absolute atomic E-state index is 0.269. The van der Waals surface area contributed by atoms with Crippen molar-refractivity contribution in [2.75, 3.05) is 18.4 Å². The zero-order chi connectivity index (χ0) is 22.8. The van der Waals surface area contributed by atoms with E-state index in [-0.39, 0.29) is 17.3 Å². The van der Waals surface area contributed by atoms with Crippen LogP contribution in [0.25, 0.3) is 0 Å². The molecule has 2 atom stereocenters. The fraction of sp³-hybridized carbons (Fsp3) is 0.440. The number of halogens is 2. The fourth-order valence-corrected chi connectivity index (χ4v) is 4.09. The van der Waals surface area contributed by atoms with Crippen LogP contribution in [0, 0.1) is 11.7 Å². The van der Waals surface area contributed by atoms with Gasteiger partial charge in [0.15, 0.2) is 0 Å². The van der Waals surface area contributed by atoms with Crippen molar-refractivity contribution in [2.45, 2.75) is 50.7 Å². The van der Waals surface area contributed by atoms with Gasteiger partial charge in [-0.1, -0.05) is 62.4 Å². The molecule has 5 nitrogen and oxygen atoms in total. The van der Waals surface area contributed by atoms with E-state index in [0.717, 1.165) is 31.4 Å². The Labute approximate surface area is 188 Å². The second-order valence-electron chi connectivity index (χ2n) is 8.30. The monoisotopic (exact) mass is 443 g/mol. The Hall–Kier alpha value is -2.96. The van der Waals surface area contributed by atoms with E-state index in [1.54, 1.807) is 42.5 Å². The topological polar surface area (TPSA) is 70.2 Å². The summed E-state index contributed by atoms with van der Waals surface area (Å²) in [5, 5.41) is 8.56. The molecule has 0 spiro atoms. The van der Waals surface area contributed by atoms with Gasteiger partial charge in [0.1, 0.15) is 11.9 Å². The highest BCUT2D eigenvalue weighted by molar-refractivity contribution is 5.89. The predicted octanol–water partition coefficient (Wildman–Crippen LogP) is 4.52. The number of nitrogens with one attached hydrogen (secondary N) is 3. The molecule has 2 aromatic rings. The van der Waals surface area contributed by atoms with Gasteiger partial charge in [-0.15, -0.1) is 0 Å². The lowest BCUT2D eigenvalue weighted by atomic mass is 9.84. The molecule has 1 aliphatic rings. The summed E-state index contributed by atoms with van der Waals surface area (Å²) >= 11 is 0. The minimum Gasteiger partial charge on any atom is -0.383 e. The Morgan fingerprint density at radius 1 is 0.906 bits per heavy atom. The van der Waals surface area contributed by atoms with Gasteiger partial charge in [0.25, 0.3) is 5.91 Å². The largest absolute Gasteiger partial charge is 0.383 e. The van der Waals surface area contributed by atoms with Crippen LogP contribution in [0.2, 0.25) is 0 Å². The number of rotatable bonds is 10.